The molecule has 0 aliphatic carbocycles. The number of amides is 1. The molecule has 0 radical (unpaired) electrons. The van der Waals surface area contributed by atoms with Crippen molar-refractivity contribution in [3.63, 3.8) is 0 Å². The van der Waals surface area contributed by atoms with Gasteiger partial charge in [0, 0.05) is 51.2 Å². The fourth-order valence-corrected chi connectivity index (χ4v) is 3.64. The zero-order valence-corrected chi connectivity index (χ0v) is 15.0. The van der Waals surface area contributed by atoms with E-state index in [0.29, 0.717) is 12.5 Å². The second-order valence-electron chi connectivity index (χ2n) is 7.19. The summed E-state index contributed by atoms with van der Waals surface area (Å²) >= 11 is 0. The minimum Gasteiger partial charge on any atom is -0.378 e. The molecule has 24 heavy (non-hydrogen) atoms. The number of nitrogens with zero attached hydrogens (tertiary/aromatic N) is 4. The average molecular weight is 334 g/mol. The fraction of sp³-hybridized carbons (Fsp3) is 0.778. The van der Waals surface area contributed by atoms with E-state index in [0.717, 1.165) is 64.4 Å². The Kier molecular flexibility index (Phi) is 5.89. The van der Waals surface area contributed by atoms with Crippen molar-refractivity contribution >= 4 is 5.91 Å². The van der Waals surface area contributed by atoms with Gasteiger partial charge in [-0.15, -0.1) is 0 Å². The highest BCUT2D eigenvalue weighted by Gasteiger charge is 2.25. The lowest BCUT2D eigenvalue weighted by atomic mass is 10.1. The second-order valence-corrected chi connectivity index (χ2v) is 7.19. The summed E-state index contributed by atoms with van der Waals surface area (Å²) in [7, 11) is 0. The molecule has 2 saturated heterocycles. The van der Waals surface area contributed by atoms with Gasteiger partial charge in [-0.25, -0.2) is 4.98 Å². The monoisotopic (exact) mass is 334 g/mol. The van der Waals surface area contributed by atoms with E-state index in [1.54, 1.807) is 0 Å². The Morgan fingerprint density at radius 1 is 1.29 bits per heavy atom. The third-order valence-electron chi connectivity index (χ3n) is 5.04. The molecular weight excluding hydrogens is 304 g/mol. The van der Waals surface area contributed by atoms with Gasteiger partial charge in [-0.1, -0.05) is 0 Å². The minimum absolute atomic E-state index is 0.148. The summed E-state index contributed by atoms with van der Waals surface area (Å²) in [4.78, 5) is 21.4. The van der Waals surface area contributed by atoms with Crippen LogP contribution in [-0.2, 0) is 16.1 Å². The smallest absolute Gasteiger partial charge is 0.225 e. The topological polar surface area (TPSA) is 50.6 Å². The summed E-state index contributed by atoms with van der Waals surface area (Å²) in [5.41, 5.74) is 0. The molecule has 1 aromatic rings. The molecule has 0 aromatic carbocycles. The molecule has 134 valence electrons. The van der Waals surface area contributed by atoms with Crippen molar-refractivity contribution in [3.05, 3.63) is 18.2 Å². The Morgan fingerprint density at radius 2 is 2.17 bits per heavy atom. The highest BCUT2D eigenvalue weighted by atomic mass is 16.5. The number of carbonyl (C=O) groups excluding carboxylic acids is 1. The normalized spacial score (nSPS) is 23.0. The first kappa shape index (κ1) is 17.4. The molecule has 2 aliphatic heterocycles. The predicted molar refractivity (Wildman–Crippen MR) is 92.7 cm³/mol. The zero-order valence-electron chi connectivity index (χ0n) is 15.0. The number of carbonyl (C=O) groups is 1. The molecule has 1 amide bonds. The first-order valence-corrected chi connectivity index (χ1v) is 9.27. The molecule has 1 atom stereocenters. The van der Waals surface area contributed by atoms with Crippen LogP contribution in [-0.4, -0.2) is 64.1 Å². The molecule has 1 aromatic heterocycles. The first-order chi connectivity index (χ1) is 11.6. The molecular formula is C18H30N4O2. The maximum atomic E-state index is 12.5. The number of aromatic nitrogens is 2. The van der Waals surface area contributed by atoms with Crippen molar-refractivity contribution in [1.82, 2.24) is 19.4 Å². The number of imidazole rings is 1. The molecule has 0 bridgehead atoms. The SMILES string of the molecule is CC(C)n1ccnc1CN1CCCN(C(=O)C[C@H]2CCCO2)CC1. The van der Waals surface area contributed by atoms with Gasteiger partial charge in [-0.2, -0.15) is 0 Å². The summed E-state index contributed by atoms with van der Waals surface area (Å²) in [6, 6.07) is 0.430. The Morgan fingerprint density at radius 3 is 2.92 bits per heavy atom. The summed E-state index contributed by atoms with van der Waals surface area (Å²) in [5.74, 6) is 1.37. The molecule has 2 fully saturated rings. The number of hydrogen-bond acceptors (Lipinski definition) is 4. The summed E-state index contributed by atoms with van der Waals surface area (Å²) in [6.45, 7) is 9.65. The Balaban J connectivity index is 1.51. The largest absolute Gasteiger partial charge is 0.378 e. The number of ether oxygens (including phenoxy) is 1. The highest BCUT2D eigenvalue weighted by molar-refractivity contribution is 5.76. The first-order valence-electron chi connectivity index (χ1n) is 9.27. The van der Waals surface area contributed by atoms with E-state index in [9.17, 15) is 4.79 Å². The van der Waals surface area contributed by atoms with Gasteiger partial charge in [0.2, 0.25) is 5.91 Å². The molecule has 0 saturated carbocycles. The number of rotatable bonds is 5. The van der Waals surface area contributed by atoms with Crippen LogP contribution >= 0.6 is 0 Å². The van der Waals surface area contributed by atoms with E-state index >= 15 is 0 Å². The maximum absolute atomic E-state index is 12.5. The van der Waals surface area contributed by atoms with E-state index in [1.807, 2.05) is 11.1 Å². The Labute approximate surface area is 144 Å². The molecule has 3 heterocycles. The van der Waals surface area contributed by atoms with Gasteiger partial charge < -0.3 is 14.2 Å². The van der Waals surface area contributed by atoms with E-state index in [-0.39, 0.29) is 12.0 Å². The summed E-state index contributed by atoms with van der Waals surface area (Å²) in [6.07, 6.45) is 7.78. The van der Waals surface area contributed by atoms with E-state index < -0.39 is 0 Å². The van der Waals surface area contributed by atoms with Gasteiger partial charge in [0.1, 0.15) is 5.82 Å². The number of hydrogen-bond donors (Lipinski definition) is 0. The van der Waals surface area contributed by atoms with Crippen LogP contribution in [0.5, 0.6) is 0 Å². The van der Waals surface area contributed by atoms with Crippen molar-refractivity contribution in [1.29, 1.82) is 0 Å². The second kappa shape index (κ2) is 8.12. The highest BCUT2D eigenvalue weighted by Crippen LogP contribution is 2.18. The van der Waals surface area contributed by atoms with Crippen LogP contribution in [0.2, 0.25) is 0 Å². The van der Waals surface area contributed by atoms with Crippen molar-refractivity contribution in [2.45, 2.75) is 58.2 Å². The van der Waals surface area contributed by atoms with Crippen molar-refractivity contribution in [3.8, 4) is 0 Å². The molecule has 6 nitrogen and oxygen atoms in total. The lowest BCUT2D eigenvalue weighted by Gasteiger charge is -2.23. The van der Waals surface area contributed by atoms with Crippen LogP contribution in [0.4, 0.5) is 0 Å². The van der Waals surface area contributed by atoms with E-state index in [2.05, 4.69) is 34.5 Å². The van der Waals surface area contributed by atoms with Gasteiger partial charge in [-0.05, 0) is 33.1 Å². The van der Waals surface area contributed by atoms with Crippen molar-refractivity contribution in [2.75, 3.05) is 32.8 Å². The molecule has 0 N–H and O–H groups in total. The average Bonchev–Trinajstić information content (AvgIpc) is 3.16. The van der Waals surface area contributed by atoms with Crippen LogP contribution in [0.3, 0.4) is 0 Å². The van der Waals surface area contributed by atoms with Crippen LogP contribution in [0.25, 0.3) is 0 Å². The fourth-order valence-electron chi connectivity index (χ4n) is 3.64. The van der Waals surface area contributed by atoms with Gasteiger partial charge in [-0.3, -0.25) is 9.69 Å². The third-order valence-corrected chi connectivity index (χ3v) is 5.04. The molecule has 6 heteroatoms. The minimum atomic E-state index is 0.148. The Hall–Kier alpha value is -1.40. The van der Waals surface area contributed by atoms with Gasteiger partial charge >= 0.3 is 0 Å². The maximum Gasteiger partial charge on any atom is 0.225 e. The predicted octanol–water partition coefficient (Wildman–Crippen LogP) is 2.07. The van der Waals surface area contributed by atoms with Crippen LogP contribution < -0.4 is 0 Å². The van der Waals surface area contributed by atoms with Crippen LogP contribution in [0.15, 0.2) is 12.4 Å². The van der Waals surface area contributed by atoms with Crippen molar-refractivity contribution < 1.29 is 9.53 Å². The summed E-state index contributed by atoms with van der Waals surface area (Å²) in [5, 5.41) is 0. The van der Waals surface area contributed by atoms with Crippen LogP contribution in [0.1, 0.15) is 51.4 Å². The third kappa shape index (κ3) is 4.36. The molecule has 0 unspecified atom stereocenters. The molecule has 0 spiro atoms. The summed E-state index contributed by atoms with van der Waals surface area (Å²) < 4.78 is 7.83. The molecule has 2 aliphatic rings. The van der Waals surface area contributed by atoms with E-state index in [1.165, 1.54) is 0 Å². The Bertz CT molecular complexity index is 537. The zero-order chi connectivity index (χ0) is 16.9. The standard InChI is InChI=1S/C18H30N4O2/c1-15(2)22-9-6-19-17(22)14-20-7-4-8-21(11-10-20)18(23)13-16-5-3-12-24-16/h6,9,15-16H,3-5,7-8,10-14H2,1-2H3/t16-/m1/s1. The lowest BCUT2D eigenvalue weighted by molar-refractivity contribution is -0.133. The van der Waals surface area contributed by atoms with Gasteiger partial charge in [0.15, 0.2) is 0 Å². The van der Waals surface area contributed by atoms with Crippen molar-refractivity contribution in [2.24, 2.45) is 0 Å². The van der Waals surface area contributed by atoms with Gasteiger partial charge in [0.25, 0.3) is 0 Å². The quantitative estimate of drug-likeness (QED) is 0.827. The molecule has 3 rings (SSSR count). The van der Waals surface area contributed by atoms with E-state index in [4.69, 9.17) is 4.74 Å². The van der Waals surface area contributed by atoms with Gasteiger partial charge in [0.05, 0.1) is 19.1 Å². The van der Waals surface area contributed by atoms with Crippen LogP contribution in [0, 0.1) is 0 Å². The lowest BCUT2D eigenvalue weighted by Crippen LogP contribution is -2.36.